The Balaban J connectivity index is 2.39. The molecule has 0 amide bonds. The van der Waals surface area contributed by atoms with E-state index in [1.807, 2.05) is 36.4 Å². The Bertz CT molecular complexity index is 630. The van der Waals surface area contributed by atoms with Gasteiger partial charge in [0.25, 0.3) is 0 Å². The fraction of sp³-hybridized carbons (Fsp3) is 0.125. The summed E-state index contributed by atoms with van der Waals surface area (Å²) in [6.45, 7) is 0.493. The highest BCUT2D eigenvalue weighted by atomic mass is 16.5. The molecule has 0 atom stereocenters. The lowest BCUT2D eigenvalue weighted by Crippen LogP contribution is -1.96. The van der Waals surface area contributed by atoms with Crippen LogP contribution in [0.1, 0.15) is 0 Å². The summed E-state index contributed by atoms with van der Waals surface area (Å²) in [5.41, 5.74) is 0. The molecule has 18 heavy (non-hydrogen) atoms. The molecule has 0 fully saturated rings. The van der Waals surface area contributed by atoms with Gasteiger partial charge in [0.2, 0.25) is 0 Å². The van der Waals surface area contributed by atoms with Crippen molar-refractivity contribution in [3.8, 4) is 36.2 Å². The van der Waals surface area contributed by atoms with Gasteiger partial charge in [0, 0.05) is 5.39 Å². The molecule has 2 rings (SSSR count). The summed E-state index contributed by atoms with van der Waals surface area (Å²) in [6, 6.07) is 11.6. The minimum Gasteiger partial charge on any atom is -0.481 e. The van der Waals surface area contributed by atoms with Crippen LogP contribution in [-0.2, 0) is 0 Å². The van der Waals surface area contributed by atoms with Crippen molar-refractivity contribution in [2.45, 2.75) is 0 Å². The van der Waals surface area contributed by atoms with E-state index in [-0.39, 0.29) is 13.2 Å². The summed E-state index contributed by atoms with van der Waals surface area (Å²) in [4.78, 5) is 0. The molecule has 0 radical (unpaired) electrons. The van der Waals surface area contributed by atoms with E-state index in [1.54, 1.807) is 0 Å². The van der Waals surface area contributed by atoms with E-state index < -0.39 is 0 Å². The highest BCUT2D eigenvalue weighted by Gasteiger charge is 2.03. The summed E-state index contributed by atoms with van der Waals surface area (Å²) in [5, 5.41) is 2.03. The zero-order chi connectivity index (χ0) is 12.8. The van der Waals surface area contributed by atoms with Crippen molar-refractivity contribution >= 4 is 10.8 Å². The van der Waals surface area contributed by atoms with E-state index in [9.17, 15) is 0 Å². The van der Waals surface area contributed by atoms with Crippen LogP contribution in [0.4, 0.5) is 0 Å². The van der Waals surface area contributed by atoms with Gasteiger partial charge >= 0.3 is 0 Å². The first kappa shape index (κ1) is 11.9. The molecule has 0 aromatic heterocycles. The topological polar surface area (TPSA) is 18.5 Å². The Morgan fingerprint density at radius 2 is 1.72 bits per heavy atom. The molecule has 0 unspecified atom stereocenters. The zero-order valence-corrected chi connectivity index (χ0v) is 9.85. The fourth-order valence-electron chi connectivity index (χ4n) is 1.68. The maximum atomic E-state index is 5.50. The first-order valence-corrected chi connectivity index (χ1v) is 5.50. The van der Waals surface area contributed by atoms with Crippen LogP contribution in [0.3, 0.4) is 0 Å². The van der Waals surface area contributed by atoms with E-state index in [2.05, 4.69) is 11.8 Å². The zero-order valence-electron chi connectivity index (χ0n) is 9.85. The molecule has 0 saturated carbocycles. The summed E-state index contributed by atoms with van der Waals surface area (Å²) >= 11 is 0. The van der Waals surface area contributed by atoms with Crippen LogP contribution in [-0.4, -0.2) is 13.2 Å². The smallest absolute Gasteiger partial charge is 0.148 e. The first-order chi connectivity index (χ1) is 8.85. The third-order valence-corrected chi connectivity index (χ3v) is 2.45. The average Bonchev–Trinajstić information content (AvgIpc) is 2.42. The molecule has 2 aromatic rings. The summed E-state index contributed by atoms with van der Waals surface area (Å²) in [7, 11) is 0. The summed E-state index contributed by atoms with van der Waals surface area (Å²) in [5.74, 6) is 6.35. The number of terminal acetylenes is 2. The average molecular weight is 236 g/mol. The number of ether oxygens (including phenoxy) is 2. The number of rotatable bonds is 4. The number of fused-ring (bicyclic) bond motifs is 1. The fourth-order valence-corrected chi connectivity index (χ4v) is 1.68. The Morgan fingerprint density at radius 3 is 2.50 bits per heavy atom. The van der Waals surface area contributed by atoms with Crippen LogP contribution in [0.2, 0.25) is 0 Å². The van der Waals surface area contributed by atoms with Gasteiger partial charge in [-0.05, 0) is 23.6 Å². The number of hydrogen-bond acceptors (Lipinski definition) is 2. The van der Waals surface area contributed by atoms with Crippen molar-refractivity contribution in [1.29, 1.82) is 0 Å². The van der Waals surface area contributed by atoms with Crippen molar-refractivity contribution in [3.05, 3.63) is 36.4 Å². The largest absolute Gasteiger partial charge is 0.481 e. The normalized spacial score (nSPS) is 9.44. The highest BCUT2D eigenvalue weighted by Crippen LogP contribution is 2.29. The third-order valence-electron chi connectivity index (χ3n) is 2.45. The van der Waals surface area contributed by atoms with Crippen molar-refractivity contribution in [2.75, 3.05) is 13.2 Å². The Labute approximate surface area is 107 Å². The second-order valence-electron chi connectivity index (χ2n) is 3.62. The SMILES string of the molecule is C#CCOc1ccc2cccc(OCC#C)c2c1. The molecule has 0 aliphatic carbocycles. The third kappa shape index (κ3) is 2.56. The van der Waals surface area contributed by atoms with E-state index in [1.165, 1.54) is 0 Å². The van der Waals surface area contributed by atoms with E-state index in [0.29, 0.717) is 0 Å². The molecular weight excluding hydrogens is 224 g/mol. The monoisotopic (exact) mass is 236 g/mol. The van der Waals surface area contributed by atoms with Gasteiger partial charge < -0.3 is 9.47 Å². The maximum absolute atomic E-state index is 5.50. The van der Waals surface area contributed by atoms with Gasteiger partial charge in [-0.1, -0.05) is 30.0 Å². The standard InChI is InChI=1S/C16H12O2/c1-3-10-17-14-9-8-13-6-5-7-16(15(13)12-14)18-11-4-2/h1-2,5-9,12H,10-11H2. The van der Waals surface area contributed by atoms with Crippen molar-refractivity contribution in [3.63, 3.8) is 0 Å². The van der Waals surface area contributed by atoms with E-state index in [4.69, 9.17) is 22.3 Å². The van der Waals surface area contributed by atoms with Gasteiger partial charge in [0.15, 0.2) is 0 Å². The minimum absolute atomic E-state index is 0.245. The predicted molar refractivity (Wildman–Crippen MR) is 72.6 cm³/mol. The maximum Gasteiger partial charge on any atom is 0.148 e. The minimum atomic E-state index is 0.245. The lowest BCUT2D eigenvalue weighted by atomic mass is 10.1. The van der Waals surface area contributed by atoms with Crippen molar-refractivity contribution in [1.82, 2.24) is 0 Å². The van der Waals surface area contributed by atoms with Gasteiger partial charge in [-0.3, -0.25) is 0 Å². The van der Waals surface area contributed by atoms with Gasteiger partial charge in [0.1, 0.15) is 24.7 Å². The lowest BCUT2D eigenvalue weighted by molar-refractivity contribution is 0.368. The molecule has 0 aliphatic heterocycles. The molecule has 0 N–H and O–H groups in total. The molecule has 0 spiro atoms. The molecule has 0 bridgehead atoms. The molecule has 0 aliphatic rings. The van der Waals surface area contributed by atoms with Crippen LogP contribution >= 0.6 is 0 Å². The molecule has 0 heterocycles. The van der Waals surface area contributed by atoms with Gasteiger partial charge in [0.05, 0.1) is 0 Å². The van der Waals surface area contributed by atoms with E-state index in [0.717, 1.165) is 22.3 Å². The van der Waals surface area contributed by atoms with Crippen molar-refractivity contribution in [2.24, 2.45) is 0 Å². The van der Waals surface area contributed by atoms with Gasteiger partial charge in [-0.25, -0.2) is 0 Å². The Hall–Kier alpha value is -2.58. The van der Waals surface area contributed by atoms with Crippen LogP contribution in [0.5, 0.6) is 11.5 Å². The van der Waals surface area contributed by atoms with E-state index >= 15 is 0 Å². The number of benzene rings is 2. The number of hydrogen-bond donors (Lipinski definition) is 0. The van der Waals surface area contributed by atoms with Gasteiger partial charge in [-0.15, -0.1) is 12.8 Å². The quantitative estimate of drug-likeness (QED) is 0.760. The Morgan fingerprint density at radius 1 is 0.944 bits per heavy atom. The molecule has 2 heteroatoms. The van der Waals surface area contributed by atoms with Crippen LogP contribution in [0.15, 0.2) is 36.4 Å². The van der Waals surface area contributed by atoms with Gasteiger partial charge in [-0.2, -0.15) is 0 Å². The highest BCUT2D eigenvalue weighted by molar-refractivity contribution is 5.89. The van der Waals surface area contributed by atoms with Crippen LogP contribution < -0.4 is 9.47 Å². The second-order valence-corrected chi connectivity index (χ2v) is 3.62. The molecule has 2 aromatic carbocycles. The Kier molecular flexibility index (Phi) is 3.74. The molecule has 0 saturated heterocycles. The summed E-state index contributed by atoms with van der Waals surface area (Å²) in [6.07, 6.45) is 10.4. The summed E-state index contributed by atoms with van der Waals surface area (Å²) < 4.78 is 10.9. The lowest BCUT2D eigenvalue weighted by Gasteiger charge is -2.09. The first-order valence-electron chi connectivity index (χ1n) is 5.50. The molecule has 88 valence electrons. The molecule has 2 nitrogen and oxygen atoms in total. The van der Waals surface area contributed by atoms with Crippen LogP contribution in [0.25, 0.3) is 10.8 Å². The predicted octanol–water partition coefficient (Wildman–Crippen LogP) is 2.86. The van der Waals surface area contributed by atoms with Crippen molar-refractivity contribution < 1.29 is 9.47 Å². The molecular formula is C16H12O2. The van der Waals surface area contributed by atoms with Crippen LogP contribution in [0, 0.1) is 24.7 Å². The second kappa shape index (κ2) is 5.66.